The molecular formula is C27H24N6O3. The summed E-state index contributed by atoms with van der Waals surface area (Å²) in [5.74, 6) is 1.03. The van der Waals surface area contributed by atoms with E-state index in [2.05, 4.69) is 20.9 Å². The van der Waals surface area contributed by atoms with Crippen molar-refractivity contribution in [3.63, 3.8) is 0 Å². The number of anilines is 6. The number of benzene rings is 3. The number of hydrogen-bond acceptors (Lipinski definition) is 7. The minimum absolute atomic E-state index is 0.0926. The normalized spacial score (nSPS) is 12.7. The van der Waals surface area contributed by atoms with E-state index in [0.717, 1.165) is 5.69 Å². The highest BCUT2D eigenvalue weighted by atomic mass is 16.5. The fraction of sp³-hybridized carbons (Fsp3) is 0.111. The monoisotopic (exact) mass is 480 g/mol. The molecule has 2 heterocycles. The van der Waals surface area contributed by atoms with Gasteiger partial charge in [-0.1, -0.05) is 36.4 Å². The van der Waals surface area contributed by atoms with Crippen molar-refractivity contribution in [2.75, 3.05) is 34.5 Å². The van der Waals surface area contributed by atoms with Crippen molar-refractivity contribution in [1.29, 1.82) is 0 Å². The van der Waals surface area contributed by atoms with Gasteiger partial charge in [0.2, 0.25) is 11.9 Å². The summed E-state index contributed by atoms with van der Waals surface area (Å²) in [4.78, 5) is 36.0. The zero-order valence-corrected chi connectivity index (χ0v) is 19.6. The van der Waals surface area contributed by atoms with Gasteiger partial charge in [0.15, 0.2) is 5.82 Å². The second kappa shape index (κ2) is 10.1. The number of methoxy groups -OCH3 is 1. The standard InChI is InChI=1S/C27H24N6O3/c1-36-23-16-18(26(35)29-19-8-4-2-5-9-19)12-13-21(23)31-27-28-17-22-25(32-27)33(15-14-24(34)30-22)20-10-6-3-7-11-20/h2-13,16-17H,14-15H2,1H3,(H,29,35)(H,30,34)(H,28,31,32). The zero-order chi connectivity index (χ0) is 24.9. The van der Waals surface area contributed by atoms with Gasteiger partial charge in [0.25, 0.3) is 5.91 Å². The van der Waals surface area contributed by atoms with E-state index in [-0.39, 0.29) is 11.8 Å². The second-order valence-electron chi connectivity index (χ2n) is 8.08. The molecule has 0 atom stereocenters. The Balaban J connectivity index is 1.42. The number of aromatic nitrogens is 2. The number of rotatable bonds is 6. The molecule has 1 aromatic heterocycles. The average molecular weight is 481 g/mol. The first kappa shape index (κ1) is 22.9. The number of carbonyl (C=O) groups is 2. The Morgan fingerprint density at radius 2 is 1.78 bits per heavy atom. The smallest absolute Gasteiger partial charge is 0.255 e. The maximum Gasteiger partial charge on any atom is 0.255 e. The van der Waals surface area contributed by atoms with Crippen LogP contribution in [-0.2, 0) is 4.79 Å². The van der Waals surface area contributed by atoms with Crippen molar-refractivity contribution in [1.82, 2.24) is 9.97 Å². The van der Waals surface area contributed by atoms with Crippen LogP contribution in [0.2, 0.25) is 0 Å². The molecule has 0 radical (unpaired) electrons. The summed E-state index contributed by atoms with van der Waals surface area (Å²) >= 11 is 0. The first-order chi connectivity index (χ1) is 17.6. The SMILES string of the molecule is COc1cc(C(=O)Nc2ccccc2)ccc1Nc1ncc2c(n1)N(c1ccccc1)CCC(=O)N2. The molecule has 5 rings (SSSR count). The fourth-order valence-corrected chi connectivity index (χ4v) is 3.90. The Morgan fingerprint density at radius 1 is 1.03 bits per heavy atom. The average Bonchev–Trinajstić information content (AvgIpc) is 3.08. The third-order valence-corrected chi connectivity index (χ3v) is 5.67. The van der Waals surface area contributed by atoms with Gasteiger partial charge in [0, 0.05) is 29.9 Å². The molecule has 180 valence electrons. The molecular weight excluding hydrogens is 456 g/mol. The van der Waals surface area contributed by atoms with E-state index >= 15 is 0 Å². The van der Waals surface area contributed by atoms with E-state index in [9.17, 15) is 9.59 Å². The van der Waals surface area contributed by atoms with Gasteiger partial charge in [-0.2, -0.15) is 4.98 Å². The number of para-hydroxylation sites is 2. The summed E-state index contributed by atoms with van der Waals surface area (Å²) in [5, 5.41) is 8.91. The van der Waals surface area contributed by atoms with E-state index in [0.29, 0.717) is 53.1 Å². The summed E-state index contributed by atoms with van der Waals surface area (Å²) in [6.07, 6.45) is 1.91. The van der Waals surface area contributed by atoms with E-state index in [1.54, 1.807) is 24.4 Å². The third kappa shape index (κ3) is 4.95. The number of hydrogen-bond donors (Lipinski definition) is 3. The number of carbonyl (C=O) groups excluding carboxylic acids is 2. The largest absolute Gasteiger partial charge is 0.495 e. The quantitative estimate of drug-likeness (QED) is 0.358. The van der Waals surface area contributed by atoms with Crippen LogP contribution in [0.5, 0.6) is 5.75 Å². The minimum Gasteiger partial charge on any atom is -0.495 e. The van der Waals surface area contributed by atoms with Crippen LogP contribution in [0.25, 0.3) is 0 Å². The summed E-state index contributed by atoms with van der Waals surface area (Å²) < 4.78 is 5.53. The Labute approximate surface area is 208 Å². The van der Waals surface area contributed by atoms with Gasteiger partial charge < -0.3 is 25.6 Å². The molecule has 36 heavy (non-hydrogen) atoms. The van der Waals surface area contributed by atoms with Crippen LogP contribution in [-0.4, -0.2) is 35.4 Å². The predicted octanol–water partition coefficient (Wildman–Crippen LogP) is 4.96. The Morgan fingerprint density at radius 3 is 2.53 bits per heavy atom. The molecule has 0 saturated heterocycles. The molecule has 0 unspecified atom stereocenters. The molecule has 0 fully saturated rings. The maximum atomic E-state index is 12.7. The van der Waals surface area contributed by atoms with E-state index in [1.807, 2.05) is 65.6 Å². The lowest BCUT2D eigenvalue weighted by molar-refractivity contribution is -0.115. The van der Waals surface area contributed by atoms with Gasteiger partial charge in [-0.3, -0.25) is 9.59 Å². The molecule has 9 nitrogen and oxygen atoms in total. The number of amides is 2. The first-order valence-electron chi connectivity index (χ1n) is 11.4. The number of fused-ring (bicyclic) bond motifs is 1. The van der Waals surface area contributed by atoms with Crippen LogP contribution >= 0.6 is 0 Å². The fourth-order valence-electron chi connectivity index (χ4n) is 3.90. The number of ether oxygens (including phenoxy) is 1. The molecule has 3 N–H and O–H groups in total. The summed E-state index contributed by atoms with van der Waals surface area (Å²) in [7, 11) is 1.53. The van der Waals surface area contributed by atoms with E-state index in [4.69, 9.17) is 9.72 Å². The van der Waals surface area contributed by atoms with Crippen molar-refractivity contribution < 1.29 is 14.3 Å². The molecule has 1 aliphatic rings. The molecule has 3 aromatic carbocycles. The molecule has 0 aliphatic carbocycles. The first-order valence-corrected chi connectivity index (χ1v) is 11.4. The van der Waals surface area contributed by atoms with Crippen LogP contribution < -0.4 is 25.6 Å². The molecule has 2 amide bonds. The topological polar surface area (TPSA) is 108 Å². The molecule has 0 spiro atoms. The van der Waals surface area contributed by atoms with Crippen LogP contribution in [0.15, 0.2) is 85.1 Å². The number of nitrogens with zero attached hydrogens (tertiary/aromatic N) is 3. The predicted molar refractivity (Wildman–Crippen MR) is 139 cm³/mol. The van der Waals surface area contributed by atoms with Crippen molar-refractivity contribution in [3.8, 4) is 5.75 Å². The van der Waals surface area contributed by atoms with Gasteiger partial charge >= 0.3 is 0 Å². The molecule has 1 aliphatic heterocycles. The second-order valence-corrected chi connectivity index (χ2v) is 8.08. The summed E-state index contributed by atoms with van der Waals surface area (Å²) in [6.45, 7) is 0.480. The summed E-state index contributed by atoms with van der Waals surface area (Å²) in [5.41, 5.74) is 3.20. The lowest BCUT2D eigenvalue weighted by Gasteiger charge is -2.23. The van der Waals surface area contributed by atoms with Crippen LogP contribution in [0.1, 0.15) is 16.8 Å². The van der Waals surface area contributed by atoms with Gasteiger partial charge in [-0.05, 0) is 42.5 Å². The lowest BCUT2D eigenvalue weighted by Crippen LogP contribution is -2.20. The van der Waals surface area contributed by atoms with Gasteiger partial charge in [0.1, 0.15) is 11.4 Å². The Bertz CT molecular complexity index is 1400. The minimum atomic E-state index is -0.249. The van der Waals surface area contributed by atoms with Gasteiger partial charge in [0.05, 0.1) is 19.0 Å². The van der Waals surface area contributed by atoms with Crippen molar-refractivity contribution in [3.05, 3.63) is 90.6 Å². The molecule has 0 saturated carbocycles. The van der Waals surface area contributed by atoms with Crippen molar-refractivity contribution >= 4 is 46.3 Å². The Kier molecular flexibility index (Phi) is 6.44. The van der Waals surface area contributed by atoms with Gasteiger partial charge in [-0.15, -0.1) is 0 Å². The molecule has 0 bridgehead atoms. The third-order valence-electron chi connectivity index (χ3n) is 5.67. The van der Waals surface area contributed by atoms with Crippen LogP contribution in [0.4, 0.5) is 34.5 Å². The zero-order valence-electron chi connectivity index (χ0n) is 19.6. The highest BCUT2D eigenvalue weighted by Crippen LogP contribution is 2.34. The molecule has 4 aromatic rings. The highest BCUT2D eigenvalue weighted by Gasteiger charge is 2.23. The molecule has 9 heteroatoms. The maximum absolute atomic E-state index is 12.7. The van der Waals surface area contributed by atoms with Crippen molar-refractivity contribution in [2.45, 2.75) is 6.42 Å². The Hall–Kier alpha value is -4.92. The van der Waals surface area contributed by atoms with E-state index < -0.39 is 0 Å². The van der Waals surface area contributed by atoms with Crippen molar-refractivity contribution in [2.24, 2.45) is 0 Å². The lowest BCUT2D eigenvalue weighted by atomic mass is 10.1. The summed E-state index contributed by atoms with van der Waals surface area (Å²) in [6, 6.07) is 24.1. The van der Waals surface area contributed by atoms with Crippen LogP contribution in [0, 0.1) is 0 Å². The van der Waals surface area contributed by atoms with Gasteiger partial charge in [-0.25, -0.2) is 4.98 Å². The van der Waals surface area contributed by atoms with E-state index in [1.165, 1.54) is 7.11 Å². The highest BCUT2D eigenvalue weighted by molar-refractivity contribution is 6.05. The van der Waals surface area contributed by atoms with Crippen LogP contribution in [0.3, 0.4) is 0 Å². The number of nitrogens with one attached hydrogen (secondary N) is 3.